The molecule has 0 saturated heterocycles. The van der Waals surface area contributed by atoms with E-state index in [4.69, 9.17) is 0 Å². The Kier molecular flexibility index (Phi) is 2.47. The quantitative estimate of drug-likeness (QED) is 0.803. The Balaban J connectivity index is 1.58. The normalized spacial score (nSPS) is 22.1. The summed E-state index contributed by atoms with van der Waals surface area (Å²) in [7, 11) is 0. The second kappa shape index (κ2) is 3.85. The highest BCUT2D eigenvalue weighted by Gasteiger charge is 2.43. The molecule has 0 unspecified atom stereocenters. The molecule has 16 heavy (non-hydrogen) atoms. The number of rotatable bonds is 5. The summed E-state index contributed by atoms with van der Waals surface area (Å²) < 4.78 is 12.8. The third kappa shape index (κ3) is 2.43. The third-order valence-electron chi connectivity index (χ3n) is 3.79. The number of nitrogens with one attached hydrogen (secondary N) is 1. The van der Waals surface area contributed by atoms with Gasteiger partial charge in [-0.3, -0.25) is 0 Å². The topological polar surface area (TPSA) is 12.0 Å². The Morgan fingerprint density at radius 3 is 2.44 bits per heavy atom. The molecule has 2 heteroatoms. The van der Waals surface area contributed by atoms with Crippen molar-refractivity contribution in [2.24, 2.45) is 5.41 Å². The molecule has 0 spiro atoms. The Morgan fingerprint density at radius 2 is 1.88 bits per heavy atom. The van der Waals surface area contributed by atoms with Crippen molar-refractivity contribution in [1.82, 2.24) is 5.32 Å². The number of hydrogen-bond acceptors (Lipinski definition) is 1. The van der Waals surface area contributed by atoms with Crippen LogP contribution in [0.1, 0.15) is 31.2 Å². The first-order chi connectivity index (χ1) is 7.76. The molecule has 2 aliphatic carbocycles. The minimum absolute atomic E-state index is 0.135. The maximum atomic E-state index is 12.8. The van der Waals surface area contributed by atoms with Gasteiger partial charge in [-0.15, -0.1) is 0 Å². The van der Waals surface area contributed by atoms with Crippen LogP contribution in [0.3, 0.4) is 0 Å². The van der Waals surface area contributed by atoms with E-state index in [1.807, 2.05) is 12.1 Å². The van der Waals surface area contributed by atoms with Crippen LogP contribution in [0.5, 0.6) is 0 Å². The van der Waals surface area contributed by atoms with Crippen LogP contribution in [-0.4, -0.2) is 12.6 Å². The molecule has 1 nitrogen and oxygen atoms in total. The molecule has 3 rings (SSSR count). The van der Waals surface area contributed by atoms with E-state index in [1.165, 1.54) is 31.2 Å². The Morgan fingerprint density at radius 1 is 1.19 bits per heavy atom. The molecule has 0 aromatic heterocycles. The third-order valence-corrected chi connectivity index (χ3v) is 3.79. The molecular weight excluding hydrogens is 201 g/mol. The van der Waals surface area contributed by atoms with Gasteiger partial charge in [-0.2, -0.15) is 0 Å². The Labute approximate surface area is 96.1 Å². The summed E-state index contributed by atoms with van der Waals surface area (Å²) >= 11 is 0. The molecule has 0 atom stereocenters. The lowest BCUT2D eigenvalue weighted by molar-refractivity contribution is 0.453. The van der Waals surface area contributed by atoms with Crippen LogP contribution in [-0.2, 0) is 6.42 Å². The van der Waals surface area contributed by atoms with Gasteiger partial charge in [-0.05, 0) is 55.2 Å². The summed E-state index contributed by atoms with van der Waals surface area (Å²) in [6.45, 7) is 1.15. The molecule has 1 aromatic rings. The van der Waals surface area contributed by atoms with Crippen LogP contribution in [0.4, 0.5) is 4.39 Å². The van der Waals surface area contributed by atoms with Crippen LogP contribution in [0.25, 0.3) is 0 Å². The van der Waals surface area contributed by atoms with E-state index in [1.54, 1.807) is 12.1 Å². The van der Waals surface area contributed by atoms with E-state index in [2.05, 4.69) is 5.32 Å². The molecule has 86 valence electrons. The van der Waals surface area contributed by atoms with E-state index >= 15 is 0 Å². The van der Waals surface area contributed by atoms with Crippen molar-refractivity contribution in [3.05, 3.63) is 35.6 Å². The van der Waals surface area contributed by atoms with E-state index in [0.29, 0.717) is 5.41 Å². The summed E-state index contributed by atoms with van der Waals surface area (Å²) in [5.41, 5.74) is 1.76. The van der Waals surface area contributed by atoms with Gasteiger partial charge in [0.2, 0.25) is 0 Å². The van der Waals surface area contributed by atoms with Crippen LogP contribution < -0.4 is 5.32 Å². The Hall–Kier alpha value is -0.890. The molecule has 0 amide bonds. The van der Waals surface area contributed by atoms with E-state index in [9.17, 15) is 4.39 Å². The summed E-state index contributed by atoms with van der Waals surface area (Å²) in [6, 6.07) is 7.78. The molecule has 2 saturated carbocycles. The fourth-order valence-corrected chi connectivity index (χ4v) is 2.28. The van der Waals surface area contributed by atoms with Gasteiger partial charge in [0, 0.05) is 12.6 Å². The summed E-state index contributed by atoms with van der Waals surface area (Å²) in [5.74, 6) is -0.135. The zero-order valence-corrected chi connectivity index (χ0v) is 9.51. The van der Waals surface area contributed by atoms with Crippen molar-refractivity contribution < 1.29 is 4.39 Å². The van der Waals surface area contributed by atoms with Gasteiger partial charge in [-0.25, -0.2) is 4.39 Å². The van der Waals surface area contributed by atoms with Crippen molar-refractivity contribution in [3.8, 4) is 0 Å². The summed E-state index contributed by atoms with van der Waals surface area (Å²) in [5, 5.41) is 3.62. The van der Waals surface area contributed by atoms with Gasteiger partial charge >= 0.3 is 0 Å². The first-order valence-electron chi connectivity index (χ1n) is 6.24. The fraction of sp³-hybridized carbons (Fsp3) is 0.571. The first-order valence-corrected chi connectivity index (χ1v) is 6.24. The highest BCUT2D eigenvalue weighted by molar-refractivity contribution is 5.20. The predicted octanol–water partition coefficient (Wildman–Crippen LogP) is 2.90. The van der Waals surface area contributed by atoms with Gasteiger partial charge in [0.05, 0.1) is 0 Å². The highest BCUT2D eigenvalue weighted by Crippen LogP contribution is 2.48. The molecule has 0 aliphatic heterocycles. The van der Waals surface area contributed by atoms with Crippen molar-refractivity contribution in [1.29, 1.82) is 0 Å². The van der Waals surface area contributed by atoms with Crippen molar-refractivity contribution in [2.45, 2.75) is 38.1 Å². The smallest absolute Gasteiger partial charge is 0.123 e. The van der Waals surface area contributed by atoms with E-state index in [0.717, 1.165) is 19.0 Å². The monoisotopic (exact) mass is 219 g/mol. The van der Waals surface area contributed by atoms with Crippen molar-refractivity contribution in [3.63, 3.8) is 0 Å². The number of hydrogen-bond donors (Lipinski definition) is 1. The molecular formula is C14H18FN. The standard InChI is InChI=1S/C14H18FN/c15-12-3-1-11(2-4-12)9-14(7-8-14)10-16-13-5-6-13/h1-4,13,16H,5-10H2. The Bertz CT molecular complexity index is 363. The van der Waals surface area contributed by atoms with Crippen molar-refractivity contribution >= 4 is 0 Å². The molecule has 0 heterocycles. The SMILES string of the molecule is Fc1ccc(CC2(CNC3CC3)CC2)cc1. The fourth-order valence-electron chi connectivity index (χ4n) is 2.28. The maximum absolute atomic E-state index is 12.8. The molecule has 0 bridgehead atoms. The first kappa shape index (κ1) is 10.3. The molecule has 0 radical (unpaired) electrons. The van der Waals surface area contributed by atoms with Gasteiger partial charge < -0.3 is 5.32 Å². The van der Waals surface area contributed by atoms with Gasteiger partial charge in [-0.1, -0.05) is 12.1 Å². The minimum Gasteiger partial charge on any atom is -0.313 e. The van der Waals surface area contributed by atoms with Gasteiger partial charge in [0.15, 0.2) is 0 Å². The number of benzene rings is 1. The van der Waals surface area contributed by atoms with E-state index in [-0.39, 0.29) is 5.82 Å². The maximum Gasteiger partial charge on any atom is 0.123 e. The zero-order chi connectivity index (χ0) is 11.0. The van der Waals surface area contributed by atoms with Crippen LogP contribution in [0, 0.1) is 11.2 Å². The van der Waals surface area contributed by atoms with Crippen LogP contribution >= 0.6 is 0 Å². The molecule has 2 fully saturated rings. The zero-order valence-electron chi connectivity index (χ0n) is 9.51. The predicted molar refractivity (Wildman–Crippen MR) is 62.8 cm³/mol. The van der Waals surface area contributed by atoms with Gasteiger partial charge in [0.1, 0.15) is 5.82 Å². The van der Waals surface area contributed by atoms with E-state index < -0.39 is 0 Å². The molecule has 1 N–H and O–H groups in total. The average Bonchev–Trinajstić information content (AvgIpc) is 3.14. The second-order valence-electron chi connectivity index (χ2n) is 5.46. The van der Waals surface area contributed by atoms with Crippen molar-refractivity contribution in [2.75, 3.05) is 6.54 Å². The average molecular weight is 219 g/mol. The lowest BCUT2D eigenvalue weighted by atomic mass is 9.96. The lowest BCUT2D eigenvalue weighted by Crippen LogP contribution is -2.27. The second-order valence-corrected chi connectivity index (χ2v) is 5.46. The molecule has 1 aromatic carbocycles. The lowest BCUT2D eigenvalue weighted by Gasteiger charge is -2.15. The van der Waals surface area contributed by atoms with Crippen LogP contribution in [0.15, 0.2) is 24.3 Å². The number of halogens is 1. The minimum atomic E-state index is -0.135. The largest absolute Gasteiger partial charge is 0.313 e. The molecule has 2 aliphatic rings. The summed E-state index contributed by atoms with van der Waals surface area (Å²) in [4.78, 5) is 0. The van der Waals surface area contributed by atoms with Crippen LogP contribution in [0.2, 0.25) is 0 Å². The van der Waals surface area contributed by atoms with Gasteiger partial charge in [0.25, 0.3) is 0 Å². The summed E-state index contributed by atoms with van der Waals surface area (Å²) in [6.07, 6.45) is 6.46. The highest BCUT2D eigenvalue weighted by atomic mass is 19.1.